The van der Waals surface area contributed by atoms with Crippen LogP contribution in [-0.2, 0) is 11.3 Å². The number of aromatic nitrogens is 2. The summed E-state index contributed by atoms with van der Waals surface area (Å²) >= 11 is 5.86. The second kappa shape index (κ2) is 6.37. The quantitative estimate of drug-likeness (QED) is 0.790. The number of hydrogen-bond donors (Lipinski definition) is 1. The molecular weight excluding hydrogens is 340 g/mol. The highest BCUT2D eigenvalue weighted by Gasteiger charge is 2.11. The standard InChI is InChI=1S/C16H10ClF2N3O2/c17-9-1-3-13-11(5-9)16(24)22(8-20-13)7-15(23)21-14-4-2-10(18)6-12(14)19/h1-6,8H,7H2,(H,21,23). The topological polar surface area (TPSA) is 64.0 Å². The van der Waals surface area contributed by atoms with Crippen molar-refractivity contribution in [1.29, 1.82) is 0 Å². The third kappa shape index (κ3) is 3.26. The fourth-order valence-corrected chi connectivity index (χ4v) is 2.35. The molecule has 0 saturated carbocycles. The average molecular weight is 350 g/mol. The number of benzene rings is 2. The van der Waals surface area contributed by atoms with Crippen molar-refractivity contribution in [2.75, 3.05) is 5.32 Å². The van der Waals surface area contributed by atoms with Gasteiger partial charge < -0.3 is 5.32 Å². The van der Waals surface area contributed by atoms with Crippen molar-refractivity contribution in [3.05, 3.63) is 69.7 Å². The van der Waals surface area contributed by atoms with Crippen LogP contribution in [0, 0.1) is 11.6 Å². The first-order valence-electron chi connectivity index (χ1n) is 6.83. The Kier molecular flexibility index (Phi) is 4.26. The maximum absolute atomic E-state index is 13.5. The second-order valence-corrected chi connectivity index (χ2v) is 5.45. The van der Waals surface area contributed by atoms with Gasteiger partial charge in [0.25, 0.3) is 5.56 Å². The number of fused-ring (bicyclic) bond motifs is 1. The van der Waals surface area contributed by atoms with Gasteiger partial charge in [0.15, 0.2) is 0 Å². The fraction of sp³-hybridized carbons (Fsp3) is 0.0625. The van der Waals surface area contributed by atoms with Gasteiger partial charge in [0.1, 0.15) is 18.2 Å². The fourth-order valence-electron chi connectivity index (χ4n) is 2.18. The summed E-state index contributed by atoms with van der Waals surface area (Å²) in [6, 6.07) is 7.43. The third-order valence-electron chi connectivity index (χ3n) is 3.31. The number of amides is 1. The number of rotatable bonds is 3. The van der Waals surface area contributed by atoms with Gasteiger partial charge in [0.05, 0.1) is 22.9 Å². The molecule has 1 N–H and O–H groups in total. The van der Waals surface area contributed by atoms with Crippen LogP contribution < -0.4 is 10.9 Å². The van der Waals surface area contributed by atoms with Crippen molar-refractivity contribution in [3.63, 3.8) is 0 Å². The van der Waals surface area contributed by atoms with Gasteiger partial charge in [-0.3, -0.25) is 14.2 Å². The van der Waals surface area contributed by atoms with Gasteiger partial charge in [0.2, 0.25) is 5.91 Å². The molecule has 0 saturated heterocycles. The average Bonchev–Trinajstić information content (AvgIpc) is 2.53. The molecule has 24 heavy (non-hydrogen) atoms. The zero-order valence-corrected chi connectivity index (χ0v) is 12.8. The first kappa shape index (κ1) is 16.1. The maximum atomic E-state index is 13.5. The van der Waals surface area contributed by atoms with Crippen LogP contribution in [0.25, 0.3) is 10.9 Å². The van der Waals surface area contributed by atoms with Gasteiger partial charge in [-0.05, 0) is 30.3 Å². The van der Waals surface area contributed by atoms with E-state index in [1.807, 2.05) is 0 Å². The first-order chi connectivity index (χ1) is 11.4. The van der Waals surface area contributed by atoms with Gasteiger partial charge in [-0.2, -0.15) is 0 Å². The molecule has 3 rings (SSSR count). The Labute approximate surface area is 139 Å². The van der Waals surface area contributed by atoms with Crippen molar-refractivity contribution in [2.45, 2.75) is 6.54 Å². The minimum Gasteiger partial charge on any atom is -0.322 e. The van der Waals surface area contributed by atoms with E-state index >= 15 is 0 Å². The Bertz CT molecular complexity index is 1000. The summed E-state index contributed by atoms with van der Waals surface area (Å²) < 4.78 is 27.5. The van der Waals surface area contributed by atoms with Crippen molar-refractivity contribution in [1.82, 2.24) is 9.55 Å². The summed E-state index contributed by atoms with van der Waals surface area (Å²) in [7, 11) is 0. The molecular formula is C16H10ClF2N3O2. The van der Waals surface area contributed by atoms with Crippen molar-refractivity contribution >= 4 is 34.1 Å². The zero-order valence-electron chi connectivity index (χ0n) is 12.1. The molecule has 0 spiro atoms. The molecule has 122 valence electrons. The third-order valence-corrected chi connectivity index (χ3v) is 3.54. The smallest absolute Gasteiger partial charge is 0.261 e. The number of carbonyl (C=O) groups excluding carboxylic acids is 1. The van der Waals surface area contributed by atoms with Gasteiger partial charge in [-0.25, -0.2) is 13.8 Å². The van der Waals surface area contributed by atoms with E-state index in [4.69, 9.17) is 11.6 Å². The normalized spacial score (nSPS) is 10.8. The van der Waals surface area contributed by atoms with Crippen LogP contribution in [0.4, 0.5) is 14.5 Å². The number of hydrogen-bond acceptors (Lipinski definition) is 3. The van der Waals surface area contributed by atoms with Crippen LogP contribution >= 0.6 is 11.6 Å². The lowest BCUT2D eigenvalue weighted by Gasteiger charge is -2.09. The summed E-state index contributed by atoms with van der Waals surface area (Å²) in [5, 5.41) is 2.92. The van der Waals surface area contributed by atoms with E-state index < -0.39 is 23.1 Å². The van der Waals surface area contributed by atoms with E-state index in [1.165, 1.54) is 12.4 Å². The van der Waals surface area contributed by atoms with E-state index in [9.17, 15) is 18.4 Å². The molecule has 3 aromatic rings. The summed E-state index contributed by atoms with van der Waals surface area (Å²) in [6.07, 6.45) is 1.22. The van der Waals surface area contributed by atoms with E-state index in [0.29, 0.717) is 16.6 Å². The molecule has 0 radical (unpaired) electrons. The highest BCUT2D eigenvalue weighted by Crippen LogP contribution is 2.16. The maximum Gasteiger partial charge on any atom is 0.261 e. The van der Waals surface area contributed by atoms with E-state index in [-0.39, 0.29) is 17.6 Å². The van der Waals surface area contributed by atoms with Gasteiger partial charge in [-0.1, -0.05) is 11.6 Å². The molecule has 2 aromatic carbocycles. The number of anilines is 1. The first-order valence-corrected chi connectivity index (χ1v) is 7.21. The molecule has 1 heterocycles. The number of nitrogens with zero attached hydrogens (tertiary/aromatic N) is 2. The lowest BCUT2D eigenvalue weighted by atomic mass is 10.2. The predicted octanol–water partition coefficient (Wildman–Crippen LogP) is 2.97. The largest absolute Gasteiger partial charge is 0.322 e. The SMILES string of the molecule is O=C(Cn1cnc2ccc(Cl)cc2c1=O)Nc1ccc(F)cc1F. The van der Waals surface area contributed by atoms with Crippen LogP contribution in [0.3, 0.4) is 0 Å². The van der Waals surface area contributed by atoms with Crippen LogP contribution in [0.2, 0.25) is 5.02 Å². The Morgan fingerprint density at radius 3 is 2.75 bits per heavy atom. The summed E-state index contributed by atoms with van der Waals surface area (Å²) in [5.41, 5.74) is -0.172. The Hall–Kier alpha value is -2.80. The Morgan fingerprint density at radius 2 is 2.00 bits per heavy atom. The van der Waals surface area contributed by atoms with Crippen LogP contribution in [0.5, 0.6) is 0 Å². The van der Waals surface area contributed by atoms with Crippen LogP contribution in [0.15, 0.2) is 47.5 Å². The second-order valence-electron chi connectivity index (χ2n) is 5.01. The van der Waals surface area contributed by atoms with E-state index in [2.05, 4.69) is 10.3 Å². The van der Waals surface area contributed by atoms with Gasteiger partial charge >= 0.3 is 0 Å². The molecule has 0 fully saturated rings. The minimum atomic E-state index is -0.904. The molecule has 0 aliphatic heterocycles. The van der Waals surface area contributed by atoms with Crippen molar-refractivity contribution in [2.24, 2.45) is 0 Å². The summed E-state index contributed by atoms with van der Waals surface area (Å²) in [6.45, 7) is -0.370. The number of halogens is 3. The monoisotopic (exact) mass is 349 g/mol. The lowest BCUT2D eigenvalue weighted by Crippen LogP contribution is -2.28. The van der Waals surface area contributed by atoms with Crippen molar-refractivity contribution < 1.29 is 13.6 Å². The molecule has 0 atom stereocenters. The highest BCUT2D eigenvalue weighted by atomic mass is 35.5. The van der Waals surface area contributed by atoms with Crippen molar-refractivity contribution in [3.8, 4) is 0 Å². The Balaban J connectivity index is 1.85. The van der Waals surface area contributed by atoms with E-state index in [0.717, 1.165) is 16.7 Å². The highest BCUT2D eigenvalue weighted by molar-refractivity contribution is 6.31. The molecule has 8 heteroatoms. The molecule has 1 aromatic heterocycles. The molecule has 5 nitrogen and oxygen atoms in total. The number of nitrogens with one attached hydrogen (secondary N) is 1. The van der Waals surface area contributed by atoms with Gasteiger partial charge in [-0.15, -0.1) is 0 Å². The Morgan fingerprint density at radius 1 is 1.21 bits per heavy atom. The summed E-state index contributed by atoms with van der Waals surface area (Å²) in [4.78, 5) is 28.4. The number of carbonyl (C=O) groups is 1. The zero-order chi connectivity index (χ0) is 17.3. The molecule has 0 unspecified atom stereocenters. The van der Waals surface area contributed by atoms with E-state index in [1.54, 1.807) is 12.1 Å². The lowest BCUT2D eigenvalue weighted by molar-refractivity contribution is -0.116. The molecule has 0 aliphatic carbocycles. The molecule has 0 bridgehead atoms. The summed E-state index contributed by atoms with van der Waals surface area (Å²) in [5.74, 6) is -2.30. The van der Waals surface area contributed by atoms with Crippen LogP contribution in [0.1, 0.15) is 0 Å². The molecule has 0 aliphatic rings. The molecule has 1 amide bonds. The predicted molar refractivity (Wildman–Crippen MR) is 86.0 cm³/mol. The van der Waals surface area contributed by atoms with Gasteiger partial charge in [0, 0.05) is 11.1 Å². The minimum absolute atomic E-state index is 0.175. The van der Waals surface area contributed by atoms with Crippen LogP contribution in [-0.4, -0.2) is 15.5 Å².